The van der Waals surface area contributed by atoms with Crippen molar-refractivity contribution in [2.24, 2.45) is 0 Å². The topological polar surface area (TPSA) is 58.7 Å². The standard InChI is InChI=1S/C23H27N3O3/c1-24(17-18-9-3-4-10-19(18)25-14-7-2-8-15-25)22(27)13-16-26-20-11-5-6-12-21(20)29-23(26)28/h3-6,9-12H,2,7-8,13-17H2,1H3. The van der Waals surface area contributed by atoms with Crippen molar-refractivity contribution in [3.05, 3.63) is 64.6 Å². The maximum absolute atomic E-state index is 12.7. The van der Waals surface area contributed by atoms with Gasteiger partial charge in [0.15, 0.2) is 5.58 Å². The highest BCUT2D eigenvalue weighted by Gasteiger charge is 2.17. The molecule has 1 aromatic heterocycles. The summed E-state index contributed by atoms with van der Waals surface area (Å²) in [7, 11) is 1.82. The molecule has 6 heteroatoms. The summed E-state index contributed by atoms with van der Waals surface area (Å²) in [6.45, 7) is 3.02. The highest BCUT2D eigenvalue weighted by atomic mass is 16.4. The van der Waals surface area contributed by atoms with Crippen molar-refractivity contribution in [3.63, 3.8) is 0 Å². The molecule has 0 radical (unpaired) electrons. The summed E-state index contributed by atoms with van der Waals surface area (Å²) in [5.41, 5.74) is 3.66. The Morgan fingerprint density at radius 2 is 1.76 bits per heavy atom. The molecule has 0 bridgehead atoms. The molecule has 0 saturated carbocycles. The second kappa shape index (κ2) is 8.55. The predicted molar refractivity (Wildman–Crippen MR) is 114 cm³/mol. The van der Waals surface area contributed by atoms with Gasteiger partial charge in [0, 0.05) is 45.3 Å². The van der Waals surface area contributed by atoms with Crippen molar-refractivity contribution in [2.75, 3.05) is 25.0 Å². The predicted octanol–water partition coefficient (Wildman–Crippen LogP) is 3.63. The number of para-hydroxylation sites is 3. The molecule has 3 aromatic rings. The minimum absolute atomic E-state index is 0.00984. The fourth-order valence-electron chi connectivity index (χ4n) is 4.06. The Labute approximate surface area is 170 Å². The third-order valence-corrected chi connectivity index (χ3v) is 5.64. The highest BCUT2D eigenvalue weighted by Crippen LogP contribution is 2.25. The van der Waals surface area contributed by atoms with Gasteiger partial charge >= 0.3 is 5.76 Å². The van der Waals surface area contributed by atoms with Gasteiger partial charge in [0.25, 0.3) is 0 Å². The van der Waals surface area contributed by atoms with E-state index in [-0.39, 0.29) is 12.3 Å². The van der Waals surface area contributed by atoms with Gasteiger partial charge in [-0.25, -0.2) is 4.79 Å². The van der Waals surface area contributed by atoms with E-state index in [4.69, 9.17) is 4.42 Å². The summed E-state index contributed by atoms with van der Waals surface area (Å²) >= 11 is 0. The number of carbonyl (C=O) groups excluding carboxylic acids is 1. The van der Waals surface area contributed by atoms with Crippen LogP contribution in [-0.4, -0.2) is 35.5 Å². The number of hydrogen-bond donors (Lipinski definition) is 0. The van der Waals surface area contributed by atoms with Crippen molar-refractivity contribution >= 4 is 22.7 Å². The molecule has 29 heavy (non-hydrogen) atoms. The molecule has 1 saturated heterocycles. The van der Waals surface area contributed by atoms with E-state index in [1.54, 1.807) is 11.0 Å². The van der Waals surface area contributed by atoms with Crippen LogP contribution in [0.2, 0.25) is 0 Å². The van der Waals surface area contributed by atoms with Gasteiger partial charge < -0.3 is 14.2 Å². The minimum atomic E-state index is -0.419. The number of rotatable bonds is 6. The number of aryl methyl sites for hydroxylation is 1. The van der Waals surface area contributed by atoms with Gasteiger partial charge in [0.05, 0.1) is 5.52 Å². The van der Waals surface area contributed by atoms with Gasteiger partial charge in [-0.1, -0.05) is 30.3 Å². The van der Waals surface area contributed by atoms with E-state index in [1.807, 2.05) is 31.3 Å². The number of piperidine rings is 1. The molecule has 0 N–H and O–H groups in total. The van der Waals surface area contributed by atoms with Crippen molar-refractivity contribution in [2.45, 2.75) is 38.8 Å². The molecule has 2 heterocycles. The second-order valence-corrected chi connectivity index (χ2v) is 7.66. The highest BCUT2D eigenvalue weighted by molar-refractivity contribution is 5.77. The first-order chi connectivity index (χ1) is 14.1. The molecule has 6 nitrogen and oxygen atoms in total. The maximum atomic E-state index is 12.7. The molecule has 0 unspecified atom stereocenters. The average Bonchev–Trinajstić information content (AvgIpc) is 3.08. The number of amides is 1. The molecule has 1 fully saturated rings. The van der Waals surface area contributed by atoms with E-state index in [1.165, 1.54) is 29.5 Å². The van der Waals surface area contributed by atoms with Gasteiger partial charge in [0.2, 0.25) is 5.91 Å². The van der Waals surface area contributed by atoms with Gasteiger partial charge in [-0.2, -0.15) is 0 Å². The molecule has 152 valence electrons. The Hall–Kier alpha value is -3.02. The Bertz CT molecular complexity index is 1050. The van der Waals surface area contributed by atoms with Crippen molar-refractivity contribution in [1.82, 2.24) is 9.47 Å². The lowest BCUT2D eigenvalue weighted by Crippen LogP contribution is -2.32. The zero-order valence-electron chi connectivity index (χ0n) is 16.8. The van der Waals surface area contributed by atoms with E-state index in [9.17, 15) is 9.59 Å². The van der Waals surface area contributed by atoms with Gasteiger partial charge in [-0.15, -0.1) is 0 Å². The van der Waals surface area contributed by atoms with E-state index < -0.39 is 5.76 Å². The maximum Gasteiger partial charge on any atom is 0.419 e. The molecule has 1 amide bonds. The van der Waals surface area contributed by atoms with Crippen LogP contribution in [0.1, 0.15) is 31.2 Å². The van der Waals surface area contributed by atoms with E-state index in [0.717, 1.165) is 24.2 Å². The second-order valence-electron chi connectivity index (χ2n) is 7.66. The van der Waals surface area contributed by atoms with Crippen LogP contribution in [0, 0.1) is 0 Å². The fraction of sp³-hybridized carbons (Fsp3) is 0.391. The summed E-state index contributed by atoms with van der Waals surface area (Å²) in [6, 6.07) is 15.6. The Morgan fingerprint density at radius 1 is 1.03 bits per heavy atom. The summed E-state index contributed by atoms with van der Waals surface area (Å²) in [5, 5.41) is 0. The van der Waals surface area contributed by atoms with Crippen LogP contribution in [0.5, 0.6) is 0 Å². The van der Waals surface area contributed by atoms with Crippen LogP contribution < -0.4 is 10.7 Å². The van der Waals surface area contributed by atoms with Crippen molar-refractivity contribution < 1.29 is 9.21 Å². The summed E-state index contributed by atoms with van der Waals surface area (Å²) < 4.78 is 6.78. The van der Waals surface area contributed by atoms with Crippen LogP contribution in [0.3, 0.4) is 0 Å². The van der Waals surface area contributed by atoms with Crippen LogP contribution in [0.4, 0.5) is 5.69 Å². The SMILES string of the molecule is CN(Cc1ccccc1N1CCCCC1)C(=O)CCn1c(=O)oc2ccccc21. The van der Waals surface area contributed by atoms with Crippen LogP contribution in [-0.2, 0) is 17.9 Å². The Morgan fingerprint density at radius 3 is 2.59 bits per heavy atom. The van der Waals surface area contributed by atoms with Gasteiger partial charge in [0.1, 0.15) is 0 Å². The molecule has 1 aliphatic rings. The summed E-state index contributed by atoms with van der Waals surface area (Å²) in [5.74, 6) is -0.410. The molecular formula is C23H27N3O3. The van der Waals surface area contributed by atoms with Crippen molar-refractivity contribution in [1.29, 1.82) is 0 Å². The molecule has 4 rings (SSSR count). The fourth-order valence-corrected chi connectivity index (χ4v) is 4.06. The lowest BCUT2D eigenvalue weighted by atomic mass is 10.1. The van der Waals surface area contributed by atoms with Crippen LogP contribution in [0.15, 0.2) is 57.7 Å². The van der Waals surface area contributed by atoms with E-state index >= 15 is 0 Å². The first-order valence-electron chi connectivity index (χ1n) is 10.3. The van der Waals surface area contributed by atoms with Gasteiger partial charge in [-0.05, 0) is 43.0 Å². The summed E-state index contributed by atoms with van der Waals surface area (Å²) in [6.07, 6.45) is 3.98. The largest absolute Gasteiger partial charge is 0.419 e. The number of nitrogens with zero attached hydrogens (tertiary/aromatic N) is 3. The first kappa shape index (κ1) is 19.3. The number of carbonyl (C=O) groups is 1. The Balaban J connectivity index is 1.42. The normalized spacial score (nSPS) is 14.3. The third-order valence-electron chi connectivity index (χ3n) is 5.64. The summed E-state index contributed by atoms with van der Waals surface area (Å²) in [4.78, 5) is 29.0. The molecule has 0 atom stereocenters. The molecule has 0 spiro atoms. The van der Waals surface area contributed by atoms with Gasteiger partial charge in [-0.3, -0.25) is 9.36 Å². The zero-order chi connectivity index (χ0) is 20.2. The van der Waals surface area contributed by atoms with Crippen LogP contribution >= 0.6 is 0 Å². The molecule has 2 aromatic carbocycles. The average molecular weight is 393 g/mol. The van der Waals surface area contributed by atoms with Crippen molar-refractivity contribution in [3.8, 4) is 0 Å². The first-order valence-corrected chi connectivity index (χ1v) is 10.3. The number of fused-ring (bicyclic) bond motifs is 1. The zero-order valence-corrected chi connectivity index (χ0v) is 16.8. The monoisotopic (exact) mass is 393 g/mol. The third kappa shape index (κ3) is 4.21. The minimum Gasteiger partial charge on any atom is -0.408 e. The smallest absolute Gasteiger partial charge is 0.408 e. The molecule has 0 aliphatic carbocycles. The van der Waals surface area contributed by atoms with Crippen LogP contribution in [0.25, 0.3) is 11.1 Å². The number of hydrogen-bond acceptors (Lipinski definition) is 4. The number of benzene rings is 2. The number of oxazole rings is 1. The lowest BCUT2D eigenvalue weighted by Gasteiger charge is -2.31. The number of aromatic nitrogens is 1. The van der Waals surface area contributed by atoms with E-state index in [2.05, 4.69) is 23.1 Å². The lowest BCUT2D eigenvalue weighted by molar-refractivity contribution is -0.130. The molecular weight excluding hydrogens is 366 g/mol. The molecule has 1 aliphatic heterocycles. The van der Waals surface area contributed by atoms with E-state index in [0.29, 0.717) is 18.7 Å². The quantitative estimate of drug-likeness (QED) is 0.642. The Kier molecular flexibility index (Phi) is 5.69. The number of anilines is 1.